The van der Waals surface area contributed by atoms with Gasteiger partial charge in [-0.25, -0.2) is 5.43 Å². The van der Waals surface area contributed by atoms with Gasteiger partial charge < -0.3 is 50.2 Å². The number of rotatable bonds is 16. The van der Waals surface area contributed by atoms with Crippen LogP contribution in [-0.2, 0) is 30.2 Å². The largest absolute Gasteiger partial charge is 0.507 e. The van der Waals surface area contributed by atoms with Crippen molar-refractivity contribution in [1.82, 2.24) is 5.43 Å². The van der Waals surface area contributed by atoms with Gasteiger partial charge in [-0.1, -0.05) is 58.6 Å². The van der Waals surface area contributed by atoms with Crippen molar-refractivity contribution in [1.29, 1.82) is 0 Å². The minimum Gasteiger partial charge on any atom is -0.507 e. The lowest BCUT2D eigenvalue weighted by atomic mass is 9.71. The quantitative estimate of drug-likeness (QED) is 0.0341. The van der Waals surface area contributed by atoms with Crippen LogP contribution >= 0.6 is 0 Å². The van der Waals surface area contributed by atoms with Crippen LogP contribution in [0.4, 0.5) is 0 Å². The highest BCUT2D eigenvalue weighted by Gasteiger charge is 2.50. The van der Waals surface area contributed by atoms with E-state index in [1.54, 1.807) is 6.92 Å². The van der Waals surface area contributed by atoms with Crippen LogP contribution in [0.2, 0.25) is 0 Å². The molecule has 4 aliphatic rings. The number of aromatic hydroxyl groups is 2. The van der Waals surface area contributed by atoms with Crippen LogP contribution in [-0.4, -0.2) is 105 Å². The Morgan fingerprint density at radius 3 is 2.35 bits per heavy atom. The molecule has 3 aliphatic carbocycles. The summed E-state index contributed by atoms with van der Waals surface area (Å²) in [4.78, 5) is 53.5. The summed E-state index contributed by atoms with van der Waals surface area (Å²) in [6, 6.07) is 3.64. The van der Waals surface area contributed by atoms with Crippen molar-refractivity contribution in [3.8, 4) is 17.2 Å². The zero-order valence-electron chi connectivity index (χ0n) is 36.4. The van der Waals surface area contributed by atoms with Crippen molar-refractivity contribution in [3.63, 3.8) is 0 Å². The van der Waals surface area contributed by atoms with E-state index in [1.165, 1.54) is 25.3 Å². The van der Waals surface area contributed by atoms with Crippen LogP contribution in [0.25, 0.3) is 0 Å². The van der Waals surface area contributed by atoms with Crippen molar-refractivity contribution in [2.45, 2.75) is 154 Å². The number of amides is 1. The number of ether oxygens (including phenoxy) is 4. The number of ketones is 2. The standard InChI is InChI=1S/C46H63N3O13/c1-23(2)26-17-16-24(3)18-31(26)61-35(52)15-10-8-6-7-9-14-34(51)49-48-33(22-50)46(58)20-28-38(32(21-46)62-36-19-29(47)41(53)25(4)60-36)45(57)40-39(43(28)55)42(54)27-12-11-13-30(59-5)37(27)44(40)56/h11-13,23-26,29,31-32,36,41,50,53,55,57-58H,6-10,14-22,47H2,1-5H3,(H,49,51)/b48-33+/t24-,25+,26+,29+,31-,32+,36+,41-,46+/m1/s1. The van der Waals surface area contributed by atoms with Gasteiger partial charge in [0.2, 0.25) is 11.7 Å². The maximum atomic E-state index is 14.0. The van der Waals surface area contributed by atoms with E-state index in [4.69, 9.17) is 24.7 Å². The number of fused-ring (bicyclic) bond motifs is 3. The van der Waals surface area contributed by atoms with E-state index in [9.17, 15) is 44.7 Å². The predicted molar refractivity (Wildman–Crippen MR) is 226 cm³/mol. The predicted octanol–water partition coefficient (Wildman–Crippen LogP) is 4.64. The normalized spacial score (nSPS) is 28.5. The Kier molecular flexibility index (Phi) is 15.1. The van der Waals surface area contributed by atoms with Crippen molar-refractivity contribution in [2.24, 2.45) is 28.6 Å². The molecule has 6 rings (SSSR count). The van der Waals surface area contributed by atoms with Gasteiger partial charge in [0.05, 0.1) is 54.4 Å². The Hall–Kier alpha value is -4.45. The highest BCUT2D eigenvalue weighted by molar-refractivity contribution is 6.31. The molecule has 2 aromatic rings. The molecule has 8 N–H and O–H groups in total. The number of hydrogen-bond acceptors (Lipinski definition) is 15. The number of carbonyl (C=O) groups is 4. The van der Waals surface area contributed by atoms with E-state index in [0.29, 0.717) is 37.0 Å². The van der Waals surface area contributed by atoms with Crippen LogP contribution in [0.15, 0.2) is 23.3 Å². The van der Waals surface area contributed by atoms with Crippen molar-refractivity contribution < 1.29 is 63.7 Å². The van der Waals surface area contributed by atoms with Crippen molar-refractivity contribution >= 4 is 29.2 Å². The topological polar surface area (TPSA) is 257 Å². The van der Waals surface area contributed by atoms with Crippen LogP contribution < -0.4 is 15.9 Å². The van der Waals surface area contributed by atoms with E-state index in [0.717, 1.165) is 38.5 Å². The van der Waals surface area contributed by atoms with Crippen molar-refractivity contribution in [3.05, 3.63) is 51.6 Å². The van der Waals surface area contributed by atoms with Gasteiger partial charge in [0.25, 0.3) is 0 Å². The second-order valence-electron chi connectivity index (χ2n) is 18.0. The molecule has 1 aliphatic heterocycles. The first-order valence-corrected chi connectivity index (χ1v) is 22.0. The molecular weight excluding hydrogens is 803 g/mol. The van der Waals surface area contributed by atoms with Gasteiger partial charge in [0.1, 0.15) is 29.0 Å². The fourth-order valence-corrected chi connectivity index (χ4v) is 9.65. The van der Waals surface area contributed by atoms with Crippen LogP contribution in [0.3, 0.4) is 0 Å². The van der Waals surface area contributed by atoms with Crippen molar-refractivity contribution in [2.75, 3.05) is 13.7 Å². The number of hydrazone groups is 1. The first-order valence-electron chi connectivity index (χ1n) is 22.0. The molecule has 0 bridgehead atoms. The molecule has 0 radical (unpaired) electrons. The number of nitrogens with one attached hydrogen (secondary N) is 1. The van der Waals surface area contributed by atoms with Crippen LogP contribution in [0, 0.1) is 17.8 Å². The van der Waals surface area contributed by atoms with E-state index in [-0.39, 0.29) is 58.6 Å². The number of nitrogens with two attached hydrogens (primary N) is 1. The Balaban J connectivity index is 1.13. The van der Waals surface area contributed by atoms with Crippen LogP contribution in [0.5, 0.6) is 17.2 Å². The molecule has 340 valence electrons. The minimum absolute atomic E-state index is 0.00236. The Morgan fingerprint density at radius 1 is 0.984 bits per heavy atom. The summed E-state index contributed by atoms with van der Waals surface area (Å²) in [6.07, 6.45) is 2.00. The van der Waals surface area contributed by atoms with Gasteiger partial charge in [0, 0.05) is 54.8 Å². The number of benzene rings is 2. The van der Waals surface area contributed by atoms with Gasteiger partial charge in [-0.05, 0) is 56.4 Å². The maximum absolute atomic E-state index is 14.0. The fraction of sp³-hybridized carbons (Fsp3) is 0.630. The van der Waals surface area contributed by atoms with E-state index < -0.39 is 95.8 Å². The number of carbonyl (C=O) groups excluding carboxylic acids is 4. The number of nitrogens with zero attached hydrogens (tertiary/aromatic N) is 1. The average molecular weight is 866 g/mol. The molecule has 0 aromatic heterocycles. The molecule has 1 saturated carbocycles. The van der Waals surface area contributed by atoms with E-state index in [1.807, 2.05) is 0 Å². The molecule has 1 amide bonds. The number of methoxy groups -OCH3 is 1. The van der Waals surface area contributed by atoms with E-state index in [2.05, 4.69) is 31.3 Å². The minimum atomic E-state index is -2.13. The summed E-state index contributed by atoms with van der Waals surface area (Å²) < 4.78 is 23.4. The first-order chi connectivity index (χ1) is 29.5. The lowest BCUT2D eigenvalue weighted by Crippen LogP contribution is -2.53. The third-order valence-electron chi connectivity index (χ3n) is 13.2. The number of hydrogen-bond donors (Lipinski definition) is 7. The molecule has 16 nitrogen and oxygen atoms in total. The smallest absolute Gasteiger partial charge is 0.306 e. The zero-order valence-corrected chi connectivity index (χ0v) is 36.4. The van der Waals surface area contributed by atoms with Gasteiger partial charge in [-0.2, -0.15) is 5.10 Å². The monoisotopic (exact) mass is 865 g/mol. The number of aliphatic hydroxyl groups is 3. The van der Waals surface area contributed by atoms with Gasteiger partial charge in [0.15, 0.2) is 12.1 Å². The lowest BCUT2D eigenvalue weighted by molar-refractivity contribution is -0.245. The molecule has 9 atom stereocenters. The Labute approximate surface area is 362 Å². The molecule has 0 unspecified atom stereocenters. The molecule has 0 spiro atoms. The summed E-state index contributed by atoms with van der Waals surface area (Å²) >= 11 is 0. The zero-order chi connectivity index (χ0) is 45.0. The third kappa shape index (κ3) is 9.85. The molecule has 2 fully saturated rings. The SMILES string of the molecule is COc1cccc2c1C(=O)c1c(O)c3c(c(O)c1C2=O)C[C@@](O)(/C(CO)=N/NC(=O)CCCCCCCC(=O)O[C@@H]1C[C@H](C)CC[C@H]1C(C)C)C[C@@H]3O[C@H]1C[C@H](N)[C@H](O)[C@H](C)O1. The number of phenolic OH excluding ortho intramolecular Hbond substituents is 2. The average Bonchev–Trinajstić information content (AvgIpc) is 3.22. The Morgan fingerprint density at radius 2 is 1.68 bits per heavy atom. The second-order valence-corrected chi connectivity index (χ2v) is 18.0. The summed E-state index contributed by atoms with van der Waals surface area (Å²) in [5.41, 5.74) is 4.80. The number of phenols is 2. The van der Waals surface area contributed by atoms with Gasteiger partial charge in [-0.15, -0.1) is 0 Å². The molecule has 16 heteroatoms. The maximum Gasteiger partial charge on any atom is 0.306 e. The fourth-order valence-electron chi connectivity index (χ4n) is 9.65. The van der Waals surface area contributed by atoms with Gasteiger partial charge >= 0.3 is 5.97 Å². The number of unbranched alkanes of at least 4 members (excludes halogenated alkanes) is 4. The second kappa shape index (κ2) is 19.9. The molecule has 2 aromatic carbocycles. The van der Waals surface area contributed by atoms with Gasteiger partial charge in [-0.3, -0.25) is 19.2 Å². The Bertz CT molecular complexity index is 2020. The van der Waals surface area contributed by atoms with E-state index >= 15 is 0 Å². The third-order valence-corrected chi connectivity index (χ3v) is 13.2. The summed E-state index contributed by atoms with van der Waals surface area (Å²) in [5, 5.41) is 61.0. The highest BCUT2D eigenvalue weighted by Crippen LogP contribution is 2.52. The summed E-state index contributed by atoms with van der Waals surface area (Å²) in [6.45, 7) is 7.33. The summed E-state index contributed by atoms with van der Waals surface area (Å²) in [5.74, 6) is -2.03. The molecule has 1 saturated heterocycles. The highest BCUT2D eigenvalue weighted by atomic mass is 16.7. The number of esters is 1. The lowest BCUT2D eigenvalue weighted by Gasteiger charge is -2.43. The molecular formula is C46H63N3O13. The molecule has 1 heterocycles. The molecule has 62 heavy (non-hydrogen) atoms. The summed E-state index contributed by atoms with van der Waals surface area (Å²) in [7, 11) is 1.33. The first kappa shape index (κ1) is 47.0. The number of aliphatic hydroxyl groups excluding tert-OH is 2. The van der Waals surface area contributed by atoms with Crippen LogP contribution in [0.1, 0.15) is 154 Å².